The highest BCUT2D eigenvalue weighted by Gasteiger charge is 2.44. The number of aromatic nitrogens is 1. The molecule has 2 fully saturated rings. The summed E-state index contributed by atoms with van der Waals surface area (Å²) in [4.78, 5) is 14.0. The number of amidine groups is 1. The zero-order valence-corrected chi connectivity index (χ0v) is 16.2. The molecule has 3 aliphatic heterocycles. The van der Waals surface area contributed by atoms with Crippen LogP contribution in [0.4, 0.5) is 10.1 Å². The molecule has 6 heteroatoms. The number of nitrogens with zero attached hydrogens (tertiary/aromatic N) is 4. The maximum absolute atomic E-state index is 15.3. The number of aliphatic imine (C=N–C) groups is 1. The molecule has 0 N–H and O–H groups in total. The summed E-state index contributed by atoms with van der Waals surface area (Å²) in [6.07, 6.45) is 4.17. The average molecular weight is 383 g/mol. The molecule has 3 atom stereocenters. The minimum Gasteiger partial charge on any atom is -0.371 e. The van der Waals surface area contributed by atoms with Gasteiger partial charge in [-0.1, -0.05) is 30.8 Å². The molecule has 1 aromatic carbocycles. The second-order valence-corrected chi connectivity index (χ2v) is 8.94. The lowest BCUT2D eigenvalue weighted by Gasteiger charge is -2.28. The molecule has 0 unspecified atom stereocenters. The highest BCUT2D eigenvalue weighted by Crippen LogP contribution is 2.48. The molecule has 0 radical (unpaired) electrons. The lowest BCUT2D eigenvalue weighted by molar-refractivity contribution is 0.313. The molecule has 4 heterocycles. The van der Waals surface area contributed by atoms with Gasteiger partial charge in [-0.15, -0.1) is 0 Å². The largest absolute Gasteiger partial charge is 0.371 e. The molecule has 0 aliphatic carbocycles. The number of fused-ring (bicyclic) bond motifs is 1. The number of anilines is 1. The maximum Gasteiger partial charge on any atom is 0.160 e. The van der Waals surface area contributed by atoms with E-state index in [0.29, 0.717) is 5.25 Å². The van der Waals surface area contributed by atoms with Gasteiger partial charge in [0.1, 0.15) is 11.9 Å². The van der Waals surface area contributed by atoms with Crippen LogP contribution in [0.3, 0.4) is 0 Å². The van der Waals surface area contributed by atoms with Gasteiger partial charge in [0.15, 0.2) is 5.17 Å². The van der Waals surface area contributed by atoms with Crippen LogP contribution in [-0.2, 0) is 0 Å². The van der Waals surface area contributed by atoms with Gasteiger partial charge in [0.2, 0.25) is 0 Å². The molecule has 1 aromatic heterocycles. The molecule has 3 aliphatic rings. The molecular formula is C21H23FN4S. The van der Waals surface area contributed by atoms with Gasteiger partial charge in [-0.2, -0.15) is 0 Å². The molecule has 2 saturated heterocycles. The van der Waals surface area contributed by atoms with Crippen molar-refractivity contribution in [3.63, 3.8) is 0 Å². The number of hydrogen-bond acceptors (Lipinski definition) is 5. The number of thioether (sulfide) groups is 1. The summed E-state index contributed by atoms with van der Waals surface area (Å²) in [5, 5.41) is 1.49. The van der Waals surface area contributed by atoms with Crippen LogP contribution in [0, 0.1) is 5.82 Å². The van der Waals surface area contributed by atoms with Crippen molar-refractivity contribution < 1.29 is 4.39 Å². The van der Waals surface area contributed by atoms with E-state index in [0.717, 1.165) is 41.7 Å². The van der Waals surface area contributed by atoms with Crippen molar-refractivity contribution in [2.45, 2.75) is 37.1 Å². The van der Waals surface area contributed by atoms with Crippen LogP contribution in [0.1, 0.15) is 43.1 Å². The van der Waals surface area contributed by atoms with Gasteiger partial charge < -0.3 is 9.80 Å². The van der Waals surface area contributed by atoms with E-state index in [1.54, 1.807) is 24.0 Å². The molecule has 0 saturated carbocycles. The number of benzene rings is 1. The van der Waals surface area contributed by atoms with E-state index in [9.17, 15) is 0 Å². The van der Waals surface area contributed by atoms with Crippen LogP contribution in [0.15, 0.2) is 47.6 Å². The zero-order valence-electron chi connectivity index (χ0n) is 15.4. The van der Waals surface area contributed by atoms with E-state index >= 15 is 4.39 Å². The van der Waals surface area contributed by atoms with Crippen LogP contribution >= 0.6 is 11.8 Å². The molecule has 5 rings (SSSR count). The first-order valence-electron chi connectivity index (χ1n) is 9.67. The van der Waals surface area contributed by atoms with Crippen molar-refractivity contribution in [1.29, 1.82) is 0 Å². The van der Waals surface area contributed by atoms with E-state index in [2.05, 4.69) is 27.8 Å². The number of hydrogen-bond donors (Lipinski definition) is 0. The summed E-state index contributed by atoms with van der Waals surface area (Å²) in [5.74, 6) is -0.133. The molecule has 4 nitrogen and oxygen atoms in total. The van der Waals surface area contributed by atoms with Crippen molar-refractivity contribution in [3.05, 3.63) is 59.7 Å². The third-order valence-electron chi connectivity index (χ3n) is 5.66. The monoisotopic (exact) mass is 382 g/mol. The smallest absolute Gasteiger partial charge is 0.160 e. The Morgan fingerprint density at radius 2 is 2.00 bits per heavy atom. The molecule has 0 amide bonds. The number of pyridine rings is 1. The minimum absolute atomic E-state index is 0.125. The van der Waals surface area contributed by atoms with Crippen LogP contribution in [0.5, 0.6) is 0 Å². The lowest BCUT2D eigenvalue weighted by atomic mass is 9.95. The molecule has 0 bridgehead atoms. The summed E-state index contributed by atoms with van der Waals surface area (Å²) >= 11 is 1.78. The van der Waals surface area contributed by atoms with E-state index in [1.807, 2.05) is 24.3 Å². The molecule has 0 spiro atoms. The van der Waals surface area contributed by atoms with Crippen LogP contribution < -0.4 is 4.90 Å². The molecule has 140 valence electrons. The summed E-state index contributed by atoms with van der Waals surface area (Å²) in [5.41, 5.74) is 2.62. The Bertz CT molecular complexity index is 866. The standard InChI is InChI=1S/C21H23FN4S/c1-14-13-26-20(19(24-21(26)27-14)18-6-2-3-9-23-18)16-8-7-15(12-17(16)22)25-10-4-5-11-25/h2-3,6-9,12,14,19-20H,4-5,10-11,13H2,1H3/t14-,19+,20-/m0/s1. The van der Waals surface area contributed by atoms with Crippen molar-refractivity contribution in [1.82, 2.24) is 9.88 Å². The second-order valence-electron chi connectivity index (χ2n) is 7.54. The first-order chi connectivity index (χ1) is 13.2. The topological polar surface area (TPSA) is 31.7 Å². The predicted octanol–water partition coefficient (Wildman–Crippen LogP) is 4.41. The first kappa shape index (κ1) is 17.0. The fourth-order valence-electron chi connectivity index (χ4n) is 4.38. The number of rotatable bonds is 3. The fraction of sp³-hybridized carbons (Fsp3) is 0.429. The normalized spacial score (nSPS) is 27.2. The third kappa shape index (κ3) is 3.00. The highest BCUT2D eigenvalue weighted by molar-refractivity contribution is 8.14. The Labute approximate surface area is 163 Å². The molecule has 27 heavy (non-hydrogen) atoms. The van der Waals surface area contributed by atoms with Crippen molar-refractivity contribution in [2.75, 3.05) is 24.5 Å². The average Bonchev–Trinajstić information content (AvgIpc) is 3.39. The fourth-order valence-corrected chi connectivity index (χ4v) is 5.47. The maximum atomic E-state index is 15.3. The van der Waals surface area contributed by atoms with Gasteiger partial charge in [-0.05, 0) is 37.1 Å². The first-order valence-corrected chi connectivity index (χ1v) is 10.5. The minimum atomic E-state index is -0.159. The van der Waals surface area contributed by atoms with Crippen molar-refractivity contribution in [2.24, 2.45) is 4.99 Å². The Morgan fingerprint density at radius 3 is 2.74 bits per heavy atom. The SMILES string of the molecule is C[C@H]1CN2C(=N[C@H](c3ccccn3)[C@@H]2c2ccc(N3CCCC3)cc2F)S1. The van der Waals surface area contributed by atoms with Gasteiger partial charge in [-0.25, -0.2) is 4.39 Å². The number of halogens is 1. The highest BCUT2D eigenvalue weighted by atomic mass is 32.2. The van der Waals surface area contributed by atoms with Crippen molar-refractivity contribution in [3.8, 4) is 0 Å². The predicted molar refractivity (Wildman–Crippen MR) is 109 cm³/mol. The van der Waals surface area contributed by atoms with Crippen LogP contribution in [0.25, 0.3) is 0 Å². The van der Waals surface area contributed by atoms with E-state index < -0.39 is 0 Å². The lowest BCUT2D eigenvalue weighted by Crippen LogP contribution is -2.29. The van der Waals surface area contributed by atoms with Gasteiger partial charge in [0.25, 0.3) is 0 Å². The Kier molecular flexibility index (Phi) is 4.31. The van der Waals surface area contributed by atoms with Gasteiger partial charge in [-0.3, -0.25) is 9.98 Å². The molecule has 2 aromatic rings. The summed E-state index contributed by atoms with van der Waals surface area (Å²) < 4.78 is 15.3. The third-order valence-corrected chi connectivity index (χ3v) is 6.76. The van der Waals surface area contributed by atoms with Crippen LogP contribution in [-0.4, -0.2) is 39.9 Å². The quantitative estimate of drug-likeness (QED) is 0.787. The second kappa shape index (κ2) is 6.82. The van der Waals surface area contributed by atoms with E-state index in [1.165, 1.54) is 12.8 Å². The van der Waals surface area contributed by atoms with Gasteiger partial charge in [0, 0.05) is 42.3 Å². The summed E-state index contributed by atoms with van der Waals surface area (Å²) in [6, 6.07) is 11.3. The van der Waals surface area contributed by atoms with Gasteiger partial charge >= 0.3 is 0 Å². The Hall–Kier alpha value is -2.08. The van der Waals surface area contributed by atoms with E-state index in [-0.39, 0.29) is 17.9 Å². The van der Waals surface area contributed by atoms with Gasteiger partial charge in [0.05, 0.1) is 11.7 Å². The Balaban J connectivity index is 1.53. The van der Waals surface area contributed by atoms with E-state index in [4.69, 9.17) is 4.99 Å². The van der Waals surface area contributed by atoms with Crippen LogP contribution in [0.2, 0.25) is 0 Å². The Morgan fingerprint density at radius 1 is 1.15 bits per heavy atom. The van der Waals surface area contributed by atoms with Crippen molar-refractivity contribution >= 4 is 22.6 Å². The summed E-state index contributed by atoms with van der Waals surface area (Å²) in [6.45, 7) is 5.13. The summed E-state index contributed by atoms with van der Waals surface area (Å²) in [7, 11) is 0. The zero-order chi connectivity index (χ0) is 18.4. The molecular weight excluding hydrogens is 359 g/mol.